The van der Waals surface area contributed by atoms with Crippen LogP contribution in [-0.2, 0) is 9.53 Å². The maximum Gasteiger partial charge on any atom is 0.341 e. The van der Waals surface area contributed by atoms with Gasteiger partial charge >= 0.3 is 5.97 Å². The summed E-state index contributed by atoms with van der Waals surface area (Å²) >= 11 is 5.99. The Morgan fingerprint density at radius 2 is 1.96 bits per heavy atom. The molecular formula is C17H15ClFNO4. The van der Waals surface area contributed by atoms with Crippen LogP contribution in [0.1, 0.15) is 15.9 Å². The number of benzene rings is 2. The Labute approximate surface area is 143 Å². The smallest absolute Gasteiger partial charge is 0.341 e. The van der Waals surface area contributed by atoms with Gasteiger partial charge in [-0.3, -0.25) is 4.79 Å². The second-order valence-corrected chi connectivity index (χ2v) is 5.31. The van der Waals surface area contributed by atoms with Gasteiger partial charge in [-0.05, 0) is 30.7 Å². The van der Waals surface area contributed by atoms with E-state index in [1.807, 2.05) is 0 Å². The molecule has 0 bridgehead atoms. The number of esters is 1. The lowest BCUT2D eigenvalue weighted by Gasteiger charge is -2.12. The summed E-state index contributed by atoms with van der Waals surface area (Å²) in [6.07, 6.45) is 0. The van der Waals surface area contributed by atoms with Crippen LogP contribution in [0.2, 0.25) is 5.02 Å². The third-order valence-electron chi connectivity index (χ3n) is 3.18. The van der Waals surface area contributed by atoms with Gasteiger partial charge in [0.25, 0.3) is 5.91 Å². The van der Waals surface area contributed by atoms with Crippen LogP contribution in [0.5, 0.6) is 5.75 Å². The second kappa shape index (κ2) is 7.79. The van der Waals surface area contributed by atoms with Crippen molar-refractivity contribution in [2.45, 2.75) is 6.92 Å². The molecular weight excluding hydrogens is 337 g/mol. The van der Waals surface area contributed by atoms with Crippen LogP contribution in [0.4, 0.5) is 10.1 Å². The summed E-state index contributed by atoms with van der Waals surface area (Å²) in [6, 6.07) is 8.57. The summed E-state index contributed by atoms with van der Waals surface area (Å²) in [6.45, 7) is 1.22. The van der Waals surface area contributed by atoms with Gasteiger partial charge in [-0.15, -0.1) is 0 Å². The zero-order chi connectivity index (χ0) is 17.7. The van der Waals surface area contributed by atoms with Crippen LogP contribution in [0.15, 0.2) is 36.4 Å². The van der Waals surface area contributed by atoms with E-state index in [0.29, 0.717) is 16.5 Å². The molecule has 2 aromatic carbocycles. The molecule has 2 aromatic rings. The zero-order valence-corrected chi connectivity index (χ0v) is 13.8. The third kappa shape index (κ3) is 4.23. The molecule has 0 radical (unpaired) electrons. The number of carbonyl (C=O) groups is 2. The Bertz CT molecular complexity index is 779. The Morgan fingerprint density at radius 1 is 1.25 bits per heavy atom. The average molecular weight is 352 g/mol. The molecule has 0 aliphatic rings. The molecule has 0 aromatic heterocycles. The summed E-state index contributed by atoms with van der Waals surface area (Å²) in [5.74, 6) is -1.83. The maximum atomic E-state index is 13.5. The van der Waals surface area contributed by atoms with Gasteiger partial charge in [0, 0.05) is 11.1 Å². The van der Waals surface area contributed by atoms with E-state index >= 15 is 0 Å². The topological polar surface area (TPSA) is 64.6 Å². The number of nitrogens with one attached hydrogen (secondary N) is 1. The summed E-state index contributed by atoms with van der Waals surface area (Å²) in [5, 5.41) is 3.05. The molecule has 7 heteroatoms. The fourth-order valence-electron chi connectivity index (χ4n) is 1.95. The number of ether oxygens (including phenoxy) is 2. The first kappa shape index (κ1) is 17.7. The van der Waals surface area contributed by atoms with Gasteiger partial charge in [-0.25, -0.2) is 9.18 Å². The largest absolute Gasteiger partial charge is 0.495 e. The van der Waals surface area contributed by atoms with E-state index in [9.17, 15) is 14.0 Å². The van der Waals surface area contributed by atoms with Crippen LogP contribution in [0.3, 0.4) is 0 Å². The molecule has 0 aliphatic carbocycles. The molecule has 0 fully saturated rings. The van der Waals surface area contributed by atoms with Crippen molar-refractivity contribution in [3.8, 4) is 5.75 Å². The van der Waals surface area contributed by atoms with Gasteiger partial charge in [0.15, 0.2) is 6.61 Å². The first-order valence-corrected chi connectivity index (χ1v) is 7.35. The lowest BCUT2D eigenvalue weighted by atomic mass is 10.2. The van der Waals surface area contributed by atoms with E-state index < -0.39 is 24.3 Å². The van der Waals surface area contributed by atoms with Gasteiger partial charge in [0.05, 0.1) is 18.4 Å². The Balaban J connectivity index is 2.00. The minimum Gasteiger partial charge on any atom is -0.495 e. The minimum atomic E-state index is -0.914. The van der Waals surface area contributed by atoms with E-state index in [1.54, 1.807) is 19.1 Å². The number of hydrogen-bond acceptors (Lipinski definition) is 4. The summed E-state index contributed by atoms with van der Waals surface area (Å²) < 4.78 is 23.4. The average Bonchev–Trinajstić information content (AvgIpc) is 2.56. The summed E-state index contributed by atoms with van der Waals surface area (Å²) in [5.41, 5.74) is 0.910. The van der Waals surface area contributed by atoms with Crippen LogP contribution in [0.25, 0.3) is 0 Å². The van der Waals surface area contributed by atoms with Crippen LogP contribution in [-0.4, -0.2) is 25.6 Å². The van der Waals surface area contributed by atoms with Gasteiger partial charge in [0.1, 0.15) is 11.6 Å². The highest BCUT2D eigenvalue weighted by Crippen LogP contribution is 2.30. The maximum absolute atomic E-state index is 13.5. The molecule has 24 heavy (non-hydrogen) atoms. The number of amides is 1. The lowest BCUT2D eigenvalue weighted by molar-refractivity contribution is -0.119. The van der Waals surface area contributed by atoms with Crippen LogP contribution >= 0.6 is 11.6 Å². The fourth-order valence-corrected chi connectivity index (χ4v) is 2.11. The highest BCUT2D eigenvalue weighted by Gasteiger charge is 2.15. The molecule has 0 aliphatic heterocycles. The predicted molar refractivity (Wildman–Crippen MR) is 88.1 cm³/mol. The second-order valence-electron chi connectivity index (χ2n) is 4.91. The quantitative estimate of drug-likeness (QED) is 0.836. The molecule has 1 N–H and O–H groups in total. The first-order valence-electron chi connectivity index (χ1n) is 6.98. The number of methoxy groups -OCH3 is 1. The first-order chi connectivity index (χ1) is 11.4. The van der Waals surface area contributed by atoms with Crippen molar-refractivity contribution in [1.29, 1.82) is 0 Å². The number of carbonyl (C=O) groups excluding carboxylic acids is 2. The van der Waals surface area contributed by atoms with Crippen molar-refractivity contribution in [2.75, 3.05) is 19.0 Å². The number of halogens is 2. The predicted octanol–water partition coefficient (Wildman–Crippen LogP) is 3.59. The van der Waals surface area contributed by atoms with Crippen molar-refractivity contribution in [3.05, 3.63) is 58.4 Å². The number of hydrogen-bond donors (Lipinski definition) is 1. The highest BCUT2D eigenvalue weighted by molar-refractivity contribution is 6.31. The van der Waals surface area contributed by atoms with Crippen molar-refractivity contribution >= 4 is 29.2 Å². The van der Waals surface area contributed by atoms with Crippen molar-refractivity contribution < 1.29 is 23.5 Å². The molecule has 5 nitrogen and oxygen atoms in total. The molecule has 0 saturated carbocycles. The number of anilines is 1. The summed E-state index contributed by atoms with van der Waals surface area (Å²) in [4.78, 5) is 23.7. The van der Waals surface area contributed by atoms with Crippen molar-refractivity contribution in [1.82, 2.24) is 0 Å². The lowest BCUT2D eigenvalue weighted by Crippen LogP contribution is -2.21. The number of rotatable bonds is 5. The van der Waals surface area contributed by atoms with Crippen LogP contribution in [0, 0.1) is 12.7 Å². The van der Waals surface area contributed by atoms with E-state index in [4.69, 9.17) is 21.1 Å². The molecule has 1 amide bonds. The normalized spacial score (nSPS) is 10.2. The molecule has 2 rings (SSSR count). The van der Waals surface area contributed by atoms with Gasteiger partial charge in [-0.2, -0.15) is 0 Å². The molecule has 0 atom stereocenters. The molecule has 0 heterocycles. The van der Waals surface area contributed by atoms with E-state index in [-0.39, 0.29) is 5.56 Å². The van der Waals surface area contributed by atoms with Gasteiger partial charge in [-0.1, -0.05) is 23.7 Å². The SMILES string of the molecule is COc1cc(Cl)c(C)cc1NC(=O)COC(=O)c1ccccc1F. The fraction of sp³-hybridized carbons (Fsp3) is 0.176. The summed E-state index contributed by atoms with van der Waals surface area (Å²) in [7, 11) is 1.44. The standard InChI is InChI=1S/C17H15ClFNO4/c1-10-7-14(15(23-2)8-12(10)18)20-16(21)9-24-17(22)11-5-3-4-6-13(11)19/h3-8H,9H2,1-2H3,(H,20,21). The van der Waals surface area contributed by atoms with Gasteiger partial charge < -0.3 is 14.8 Å². The van der Waals surface area contributed by atoms with Gasteiger partial charge in [0.2, 0.25) is 0 Å². The molecule has 0 unspecified atom stereocenters. The third-order valence-corrected chi connectivity index (χ3v) is 3.59. The zero-order valence-electron chi connectivity index (χ0n) is 13.1. The molecule has 0 spiro atoms. The van der Waals surface area contributed by atoms with Crippen LogP contribution < -0.4 is 10.1 Å². The monoisotopic (exact) mass is 351 g/mol. The Hall–Kier alpha value is -2.60. The minimum absolute atomic E-state index is 0.231. The van der Waals surface area contributed by atoms with E-state index in [1.165, 1.54) is 25.3 Å². The Morgan fingerprint density at radius 3 is 2.62 bits per heavy atom. The Kier molecular flexibility index (Phi) is 5.76. The highest BCUT2D eigenvalue weighted by atomic mass is 35.5. The van der Waals surface area contributed by atoms with Crippen molar-refractivity contribution in [2.24, 2.45) is 0 Å². The molecule has 0 saturated heterocycles. The van der Waals surface area contributed by atoms with Crippen molar-refractivity contribution in [3.63, 3.8) is 0 Å². The van der Waals surface area contributed by atoms with E-state index in [0.717, 1.165) is 11.6 Å². The number of aryl methyl sites for hydroxylation is 1. The molecule has 126 valence electrons. The van der Waals surface area contributed by atoms with E-state index in [2.05, 4.69) is 5.32 Å².